The van der Waals surface area contributed by atoms with Gasteiger partial charge in [0.1, 0.15) is 22.8 Å². The Labute approximate surface area is 173 Å². The number of fused-ring (bicyclic) bond motifs is 1. The highest BCUT2D eigenvalue weighted by atomic mass is 35.5. The minimum absolute atomic E-state index is 0.162. The van der Waals surface area contributed by atoms with E-state index >= 15 is 0 Å². The van der Waals surface area contributed by atoms with Gasteiger partial charge in [-0.05, 0) is 48.7 Å². The number of benzene rings is 1. The third kappa shape index (κ3) is 3.66. The number of halogens is 1. The van der Waals surface area contributed by atoms with Crippen LogP contribution in [-0.4, -0.2) is 35.6 Å². The molecule has 0 radical (unpaired) electrons. The second-order valence-electron chi connectivity index (χ2n) is 7.34. The summed E-state index contributed by atoms with van der Waals surface area (Å²) in [4.78, 5) is 8.76. The van der Waals surface area contributed by atoms with Gasteiger partial charge in [0.05, 0.1) is 32.6 Å². The Morgan fingerprint density at radius 3 is 2.90 bits per heavy atom. The van der Waals surface area contributed by atoms with Crippen LogP contribution in [0.4, 0.5) is 5.82 Å². The largest absolute Gasteiger partial charge is 0.491 e. The van der Waals surface area contributed by atoms with Gasteiger partial charge in [0, 0.05) is 17.7 Å². The van der Waals surface area contributed by atoms with Crippen molar-refractivity contribution in [2.24, 2.45) is 5.92 Å². The molecule has 0 bridgehead atoms. The van der Waals surface area contributed by atoms with Crippen LogP contribution in [0.15, 0.2) is 41.0 Å². The third-order valence-electron chi connectivity index (χ3n) is 5.59. The topological polar surface area (TPSA) is 78.6 Å². The molecule has 1 aliphatic carbocycles. The van der Waals surface area contributed by atoms with Crippen LogP contribution in [0.1, 0.15) is 25.0 Å². The molecule has 2 aliphatic rings. The van der Waals surface area contributed by atoms with Crippen molar-refractivity contribution in [3.8, 4) is 5.75 Å². The number of ether oxygens (including phenoxy) is 3. The fourth-order valence-electron chi connectivity index (χ4n) is 4.20. The first-order valence-electron chi connectivity index (χ1n) is 9.87. The normalized spacial score (nSPS) is 20.5. The summed E-state index contributed by atoms with van der Waals surface area (Å²) in [6, 6.07) is 9.53. The molecule has 1 atom stereocenters. The van der Waals surface area contributed by atoms with E-state index in [1.54, 1.807) is 6.26 Å². The molecule has 1 aliphatic heterocycles. The molecular formula is C21H22ClN3O4. The van der Waals surface area contributed by atoms with E-state index in [1.807, 2.05) is 30.3 Å². The summed E-state index contributed by atoms with van der Waals surface area (Å²) in [6.07, 6.45) is 4.67. The fraction of sp³-hybridized carbons (Fsp3) is 0.429. The minimum Gasteiger partial charge on any atom is -0.491 e. The molecule has 8 heteroatoms. The average Bonchev–Trinajstić information content (AvgIpc) is 3.48. The van der Waals surface area contributed by atoms with Gasteiger partial charge in [-0.1, -0.05) is 6.07 Å². The van der Waals surface area contributed by atoms with E-state index in [0.717, 1.165) is 30.4 Å². The Hall–Kier alpha value is -2.35. The van der Waals surface area contributed by atoms with Gasteiger partial charge in [-0.25, -0.2) is 9.97 Å². The maximum Gasteiger partial charge on any atom is 0.225 e. The second-order valence-corrected chi connectivity index (χ2v) is 7.67. The van der Waals surface area contributed by atoms with Crippen molar-refractivity contribution in [3.63, 3.8) is 0 Å². The van der Waals surface area contributed by atoms with Gasteiger partial charge in [-0.15, -0.1) is 0 Å². The van der Waals surface area contributed by atoms with E-state index in [0.29, 0.717) is 43.4 Å². The molecule has 2 fully saturated rings. The van der Waals surface area contributed by atoms with Crippen LogP contribution >= 0.6 is 11.6 Å². The molecular weight excluding hydrogens is 394 g/mol. The highest BCUT2D eigenvalue weighted by Crippen LogP contribution is 2.42. The van der Waals surface area contributed by atoms with Crippen molar-refractivity contribution in [1.29, 1.82) is 0 Å². The van der Waals surface area contributed by atoms with Crippen molar-refractivity contribution in [1.82, 2.24) is 9.97 Å². The van der Waals surface area contributed by atoms with E-state index in [2.05, 4.69) is 15.3 Å². The highest BCUT2D eigenvalue weighted by Gasteiger charge is 2.48. The molecule has 1 spiro atoms. The molecule has 1 aromatic carbocycles. The monoisotopic (exact) mass is 415 g/mol. The fourth-order valence-corrected chi connectivity index (χ4v) is 4.37. The first-order chi connectivity index (χ1) is 14.2. The second kappa shape index (κ2) is 7.82. The zero-order valence-corrected chi connectivity index (χ0v) is 16.7. The maximum absolute atomic E-state index is 6.20. The van der Waals surface area contributed by atoms with Crippen LogP contribution in [0.2, 0.25) is 5.28 Å². The lowest BCUT2D eigenvalue weighted by atomic mass is 10.0. The van der Waals surface area contributed by atoms with E-state index in [1.165, 1.54) is 0 Å². The van der Waals surface area contributed by atoms with Gasteiger partial charge in [0.25, 0.3) is 0 Å². The maximum atomic E-state index is 6.20. The van der Waals surface area contributed by atoms with Gasteiger partial charge in [-0.2, -0.15) is 0 Å². The first-order valence-corrected chi connectivity index (χ1v) is 10.2. The lowest BCUT2D eigenvalue weighted by Gasteiger charge is -2.29. The SMILES string of the molecule is Clc1nc(NCc2ccco2)c2cccc(OCC3CCCC34OCCO4)c2n1. The molecule has 1 saturated heterocycles. The summed E-state index contributed by atoms with van der Waals surface area (Å²) in [5.74, 6) is 1.85. The van der Waals surface area contributed by atoms with Crippen molar-refractivity contribution >= 4 is 28.3 Å². The molecule has 7 nitrogen and oxygen atoms in total. The van der Waals surface area contributed by atoms with Gasteiger partial charge in [-0.3, -0.25) is 0 Å². The Kier molecular flexibility index (Phi) is 5.03. The third-order valence-corrected chi connectivity index (χ3v) is 5.76. The number of para-hydroxylation sites is 1. The number of rotatable bonds is 6. The number of anilines is 1. The lowest BCUT2D eigenvalue weighted by Crippen LogP contribution is -2.37. The van der Waals surface area contributed by atoms with Crippen molar-refractivity contribution in [2.45, 2.75) is 31.6 Å². The molecule has 29 heavy (non-hydrogen) atoms. The molecule has 5 rings (SSSR count). The van der Waals surface area contributed by atoms with Crippen molar-refractivity contribution in [2.75, 3.05) is 25.1 Å². The molecule has 1 unspecified atom stereocenters. The number of hydrogen-bond acceptors (Lipinski definition) is 7. The molecule has 3 heterocycles. The number of hydrogen-bond donors (Lipinski definition) is 1. The highest BCUT2D eigenvalue weighted by molar-refractivity contribution is 6.29. The predicted molar refractivity (Wildman–Crippen MR) is 108 cm³/mol. The van der Waals surface area contributed by atoms with Crippen molar-refractivity contribution in [3.05, 3.63) is 47.6 Å². The first kappa shape index (κ1) is 18.7. The molecule has 3 aromatic rings. The summed E-state index contributed by atoms with van der Waals surface area (Å²) in [5, 5.41) is 4.27. The Morgan fingerprint density at radius 1 is 1.17 bits per heavy atom. The number of aromatic nitrogens is 2. The van der Waals surface area contributed by atoms with Crippen LogP contribution < -0.4 is 10.1 Å². The van der Waals surface area contributed by atoms with E-state index in [4.69, 9.17) is 30.2 Å². The molecule has 0 amide bonds. The predicted octanol–water partition coefficient (Wildman–Crippen LogP) is 4.41. The van der Waals surface area contributed by atoms with Crippen LogP contribution in [0.25, 0.3) is 10.9 Å². The van der Waals surface area contributed by atoms with Crippen molar-refractivity contribution < 1.29 is 18.6 Å². The average molecular weight is 416 g/mol. The van der Waals surface area contributed by atoms with Gasteiger partial charge < -0.3 is 23.9 Å². The Balaban J connectivity index is 1.38. The smallest absolute Gasteiger partial charge is 0.225 e. The van der Waals surface area contributed by atoms with E-state index < -0.39 is 5.79 Å². The zero-order valence-electron chi connectivity index (χ0n) is 15.9. The Bertz CT molecular complexity index is 984. The quantitative estimate of drug-likeness (QED) is 0.597. The van der Waals surface area contributed by atoms with Crippen LogP contribution in [-0.2, 0) is 16.0 Å². The number of furan rings is 1. The standard InChI is InChI=1S/C21H22ClN3O4/c22-20-24-18-16(19(25-20)23-12-15-5-3-9-26-15)6-1-7-17(18)27-13-14-4-2-8-21(14)28-10-11-29-21/h1,3,5-7,9,14H,2,4,8,10-13H2,(H,23,24,25). The number of nitrogens with one attached hydrogen (secondary N) is 1. The number of nitrogens with zero attached hydrogens (tertiary/aromatic N) is 2. The van der Waals surface area contributed by atoms with Gasteiger partial charge >= 0.3 is 0 Å². The summed E-state index contributed by atoms with van der Waals surface area (Å²) in [7, 11) is 0. The molecule has 1 saturated carbocycles. The minimum atomic E-state index is -0.479. The summed E-state index contributed by atoms with van der Waals surface area (Å²) in [6.45, 7) is 2.31. The molecule has 1 N–H and O–H groups in total. The molecule has 2 aromatic heterocycles. The van der Waals surface area contributed by atoms with Crippen LogP contribution in [0.5, 0.6) is 5.75 Å². The summed E-state index contributed by atoms with van der Waals surface area (Å²) >= 11 is 6.20. The lowest BCUT2D eigenvalue weighted by molar-refractivity contribution is -0.186. The summed E-state index contributed by atoms with van der Waals surface area (Å²) in [5.41, 5.74) is 0.676. The van der Waals surface area contributed by atoms with Crippen LogP contribution in [0.3, 0.4) is 0 Å². The van der Waals surface area contributed by atoms with Gasteiger partial charge in [0.2, 0.25) is 5.28 Å². The molecule has 152 valence electrons. The zero-order chi connectivity index (χ0) is 19.7. The van der Waals surface area contributed by atoms with Crippen LogP contribution in [0, 0.1) is 5.92 Å². The van der Waals surface area contributed by atoms with E-state index in [9.17, 15) is 0 Å². The summed E-state index contributed by atoms with van der Waals surface area (Å²) < 4.78 is 23.4. The Morgan fingerprint density at radius 2 is 2.07 bits per heavy atom. The van der Waals surface area contributed by atoms with E-state index in [-0.39, 0.29) is 11.2 Å². The van der Waals surface area contributed by atoms with Gasteiger partial charge in [0.15, 0.2) is 5.79 Å².